The van der Waals surface area contributed by atoms with Crippen molar-refractivity contribution in [1.82, 2.24) is 10.2 Å². The molecule has 0 saturated carbocycles. The minimum atomic E-state index is -0.240. The van der Waals surface area contributed by atoms with E-state index in [0.717, 1.165) is 32.4 Å². The molecule has 29 heavy (non-hydrogen) atoms. The minimum absolute atomic E-state index is 0.00620. The summed E-state index contributed by atoms with van der Waals surface area (Å²) in [7, 11) is 1.85. The summed E-state index contributed by atoms with van der Waals surface area (Å²) in [5.41, 5.74) is 5.68. The first-order valence-electron chi connectivity index (χ1n) is 11.4. The SMILES string of the molecule is CNC(C(=O)O[C@@H]1C[C@@H]2c3cc(C)c(C)cc3CCN2C[C@H]1CC(C)C)C(C)C. The molecule has 2 heterocycles. The maximum Gasteiger partial charge on any atom is 0.323 e. The first-order chi connectivity index (χ1) is 13.7. The van der Waals surface area contributed by atoms with Gasteiger partial charge in [-0.05, 0) is 67.8 Å². The van der Waals surface area contributed by atoms with Gasteiger partial charge in [0.05, 0.1) is 0 Å². The number of piperidine rings is 1. The van der Waals surface area contributed by atoms with Crippen LogP contribution >= 0.6 is 0 Å². The Balaban J connectivity index is 1.85. The molecule has 1 N–H and O–H groups in total. The zero-order valence-electron chi connectivity index (χ0n) is 19.4. The number of ether oxygens (including phenoxy) is 1. The van der Waals surface area contributed by atoms with Crippen molar-refractivity contribution in [2.75, 3.05) is 20.1 Å². The maximum atomic E-state index is 12.9. The number of esters is 1. The number of rotatable bonds is 6. The highest BCUT2D eigenvalue weighted by atomic mass is 16.5. The summed E-state index contributed by atoms with van der Waals surface area (Å²) >= 11 is 0. The maximum absolute atomic E-state index is 12.9. The van der Waals surface area contributed by atoms with Gasteiger partial charge >= 0.3 is 5.97 Å². The van der Waals surface area contributed by atoms with Crippen LogP contribution < -0.4 is 5.32 Å². The van der Waals surface area contributed by atoms with Crippen LogP contribution in [-0.4, -0.2) is 43.2 Å². The van der Waals surface area contributed by atoms with Crippen LogP contribution in [0.25, 0.3) is 0 Å². The molecule has 0 aliphatic carbocycles. The first kappa shape index (κ1) is 22.3. The van der Waals surface area contributed by atoms with Crippen LogP contribution in [0.3, 0.4) is 0 Å². The Labute approximate surface area is 177 Å². The second-order valence-corrected chi connectivity index (χ2v) is 10.0. The molecule has 2 aliphatic rings. The van der Waals surface area contributed by atoms with E-state index in [1.807, 2.05) is 7.05 Å². The normalized spacial score (nSPS) is 25.6. The van der Waals surface area contributed by atoms with Crippen LogP contribution in [0.1, 0.15) is 68.8 Å². The van der Waals surface area contributed by atoms with Crippen molar-refractivity contribution in [3.8, 4) is 0 Å². The Hall–Kier alpha value is -1.39. The molecular weight excluding hydrogens is 360 g/mol. The van der Waals surface area contributed by atoms with Gasteiger partial charge in [0.1, 0.15) is 12.1 Å². The molecule has 0 radical (unpaired) electrons. The summed E-state index contributed by atoms with van der Waals surface area (Å²) in [6.07, 6.45) is 3.13. The third kappa shape index (κ3) is 4.86. The van der Waals surface area contributed by atoms with Gasteiger partial charge in [0, 0.05) is 31.5 Å². The Kier molecular flexibility index (Phi) is 7.06. The summed E-state index contributed by atoms with van der Waals surface area (Å²) in [6, 6.07) is 4.88. The van der Waals surface area contributed by atoms with Crippen LogP contribution in [0.15, 0.2) is 12.1 Å². The predicted molar refractivity (Wildman–Crippen MR) is 119 cm³/mol. The molecule has 1 unspecified atom stereocenters. The van der Waals surface area contributed by atoms with E-state index in [1.54, 1.807) is 0 Å². The topological polar surface area (TPSA) is 41.6 Å². The molecule has 162 valence electrons. The predicted octanol–water partition coefficient (Wildman–Crippen LogP) is 4.42. The number of fused-ring (bicyclic) bond motifs is 3. The zero-order chi connectivity index (χ0) is 21.3. The van der Waals surface area contributed by atoms with E-state index in [1.165, 1.54) is 22.3 Å². The van der Waals surface area contributed by atoms with Crippen molar-refractivity contribution in [3.05, 3.63) is 34.4 Å². The van der Waals surface area contributed by atoms with Crippen LogP contribution in [0.5, 0.6) is 0 Å². The average molecular weight is 401 g/mol. The molecule has 4 heteroatoms. The molecule has 1 fully saturated rings. The van der Waals surface area contributed by atoms with Gasteiger partial charge in [0.25, 0.3) is 0 Å². The molecule has 1 aromatic rings. The Morgan fingerprint density at radius 2 is 1.90 bits per heavy atom. The summed E-state index contributed by atoms with van der Waals surface area (Å²) < 4.78 is 6.21. The van der Waals surface area contributed by atoms with Gasteiger partial charge in [-0.3, -0.25) is 9.69 Å². The van der Waals surface area contributed by atoms with Gasteiger partial charge in [-0.2, -0.15) is 0 Å². The van der Waals surface area contributed by atoms with Crippen molar-refractivity contribution in [2.45, 2.75) is 79.0 Å². The monoisotopic (exact) mass is 400 g/mol. The lowest BCUT2D eigenvalue weighted by Crippen LogP contribution is -2.51. The number of aryl methyl sites for hydroxylation is 2. The third-order valence-corrected chi connectivity index (χ3v) is 6.95. The van der Waals surface area contributed by atoms with Crippen molar-refractivity contribution in [3.63, 3.8) is 0 Å². The van der Waals surface area contributed by atoms with E-state index < -0.39 is 0 Å². The molecule has 1 aromatic carbocycles. The number of carbonyl (C=O) groups excluding carboxylic acids is 1. The number of hydrogen-bond donors (Lipinski definition) is 1. The standard InChI is InChI=1S/C25H40N2O2/c1-15(2)10-20-14-27-9-8-19-11-17(5)18(6)12-21(19)22(27)13-23(20)29-25(28)24(26-7)16(3)4/h11-12,15-16,20,22-24,26H,8-10,13-14H2,1-7H3/t20-,22-,23-,24?/m1/s1. The minimum Gasteiger partial charge on any atom is -0.461 e. The molecule has 4 nitrogen and oxygen atoms in total. The molecule has 0 amide bonds. The Morgan fingerprint density at radius 1 is 1.21 bits per heavy atom. The fourth-order valence-electron chi connectivity index (χ4n) is 5.29. The van der Waals surface area contributed by atoms with Gasteiger partial charge in [-0.1, -0.05) is 39.8 Å². The highest BCUT2D eigenvalue weighted by Gasteiger charge is 2.41. The molecule has 0 aromatic heterocycles. The highest BCUT2D eigenvalue weighted by molar-refractivity contribution is 5.76. The fourth-order valence-corrected chi connectivity index (χ4v) is 5.29. The molecule has 0 bridgehead atoms. The van der Waals surface area contributed by atoms with Gasteiger partial charge < -0.3 is 10.1 Å². The van der Waals surface area contributed by atoms with Gasteiger partial charge in [0.2, 0.25) is 0 Å². The highest BCUT2D eigenvalue weighted by Crippen LogP contribution is 2.42. The fraction of sp³-hybridized carbons (Fsp3) is 0.720. The van der Waals surface area contributed by atoms with E-state index in [9.17, 15) is 4.79 Å². The lowest BCUT2D eigenvalue weighted by molar-refractivity contribution is -0.161. The van der Waals surface area contributed by atoms with E-state index in [0.29, 0.717) is 17.9 Å². The lowest BCUT2D eigenvalue weighted by Gasteiger charge is -2.47. The van der Waals surface area contributed by atoms with Crippen LogP contribution in [0, 0.1) is 31.6 Å². The van der Waals surface area contributed by atoms with Gasteiger partial charge in [-0.15, -0.1) is 0 Å². The number of hydrogen-bond acceptors (Lipinski definition) is 4. The summed E-state index contributed by atoms with van der Waals surface area (Å²) in [5.74, 6) is 1.14. The number of benzene rings is 1. The zero-order valence-corrected chi connectivity index (χ0v) is 19.4. The molecule has 1 saturated heterocycles. The Morgan fingerprint density at radius 3 is 2.52 bits per heavy atom. The number of carbonyl (C=O) groups is 1. The van der Waals surface area contributed by atoms with Crippen LogP contribution in [0.4, 0.5) is 0 Å². The largest absolute Gasteiger partial charge is 0.461 e. The molecule has 2 aliphatic heterocycles. The van der Waals surface area contributed by atoms with E-state index in [-0.39, 0.29) is 24.0 Å². The Bertz CT molecular complexity index is 728. The summed E-state index contributed by atoms with van der Waals surface area (Å²) in [4.78, 5) is 15.6. The van der Waals surface area contributed by atoms with E-state index >= 15 is 0 Å². The van der Waals surface area contributed by atoms with Crippen molar-refractivity contribution >= 4 is 5.97 Å². The van der Waals surface area contributed by atoms with Crippen molar-refractivity contribution in [1.29, 1.82) is 0 Å². The van der Waals surface area contributed by atoms with Crippen LogP contribution in [0.2, 0.25) is 0 Å². The average Bonchev–Trinajstić information content (AvgIpc) is 2.63. The number of nitrogens with zero attached hydrogens (tertiary/aromatic N) is 1. The van der Waals surface area contributed by atoms with E-state index in [2.05, 4.69) is 63.9 Å². The smallest absolute Gasteiger partial charge is 0.323 e. The third-order valence-electron chi connectivity index (χ3n) is 6.95. The van der Waals surface area contributed by atoms with Crippen molar-refractivity contribution in [2.24, 2.45) is 17.8 Å². The van der Waals surface area contributed by atoms with Gasteiger partial charge in [0.15, 0.2) is 0 Å². The second kappa shape index (κ2) is 9.18. The van der Waals surface area contributed by atoms with Crippen molar-refractivity contribution < 1.29 is 9.53 Å². The van der Waals surface area contributed by atoms with Gasteiger partial charge in [-0.25, -0.2) is 0 Å². The molecule has 4 atom stereocenters. The second-order valence-electron chi connectivity index (χ2n) is 10.0. The number of nitrogens with one attached hydrogen (secondary N) is 1. The van der Waals surface area contributed by atoms with E-state index in [4.69, 9.17) is 4.74 Å². The van der Waals surface area contributed by atoms with Crippen LogP contribution in [-0.2, 0) is 16.0 Å². The molecule has 0 spiro atoms. The number of likely N-dealkylation sites (N-methyl/N-ethyl adjacent to an activating group) is 1. The molecular formula is C25H40N2O2. The quantitative estimate of drug-likeness (QED) is 0.718. The lowest BCUT2D eigenvalue weighted by atomic mass is 9.78. The first-order valence-corrected chi connectivity index (χ1v) is 11.4. The molecule has 3 rings (SSSR count). The summed E-state index contributed by atoms with van der Waals surface area (Å²) in [5, 5.41) is 3.15. The summed E-state index contributed by atoms with van der Waals surface area (Å²) in [6.45, 7) is 15.2.